The first kappa shape index (κ1) is 36.8. The van der Waals surface area contributed by atoms with Crippen LogP contribution in [0.15, 0.2) is 134 Å². The van der Waals surface area contributed by atoms with Crippen molar-refractivity contribution in [2.45, 2.75) is 64.2 Å². The Labute approximate surface area is 324 Å². The molecule has 0 aliphatic carbocycles. The number of aromatic nitrogens is 2. The highest BCUT2D eigenvalue weighted by Gasteiger charge is 2.41. The predicted octanol–water partition coefficient (Wildman–Crippen LogP) is 7.24. The molecule has 284 valence electrons. The average molecular weight is 751 g/mol. The van der Waals surface area contributed by atoms with Crippen molar-refractivity contribution in [1.29, 1.82) is 0 Å². The standard InChI is InChI=1S/C45H42N4O7/c1-29-40(25-48-28-46-37-13-7-8-14-39(37)48)55-44(56-42(29)33-17-15-30(26-50)16-18-33)34-21-19-32(20-22-34)36-12-6-5-11-35(36)24-49-41(51)23-38(43(49)52)47-45(53)54-27-31-9-3-2-4-10-31/h2-22,28-29,38,40,42,44,50H,23-27H2,1H3,(H,47,53). The highest BCUT2D eigenvalue weighted by molar-refractivity contribution is 6.06. The van der Waals surface area contributed by atoms with Crippen molar-refractivity contribution in [2.75, 3.05) is 0 Å². The average Bonchev–Trinajstić information content (AvgIpc) is 3.76. The number of ether oxygens (including phenoxy) is 3. The Morgan fingerprint density at radius 2 is 1.55 bits per heavy atom. The molecule has 6 aromatic rings. The van der Waals surface area contributed by atoms with Crippen LogP contribution < -0.4 is 5.32 Å². The third-order valence-electron chi connectivity index (χ3n) is 10.6. The molecular formula is C45H42N4O7. The van der Waals surface area contributed by atoms with Crippen LogP contribution in [0.3, 0.4) is 0 Å². The summed E-state index contributed by atoms with van der Waals surface area (Å²) in [5.41, 5.74) is 7.98. The Balaban J connectivity index is 0.985. The number of para-hydroxylation sites is 2. The lowest BCUT2D eigenvalue weighted by Gasteiger charge is -2.41. The summed E-state index contributed by atoms with van der Waals surface area (Å²) in [7, 11) is 0. The first-order valence-electron chi connectivity index (χ1n) is 18.7. The molecule has 1 aromatic heterocycles. The van der Waals surface area contributed by atoms with E-state index in [2.05, 4.69) is 27.9 Å². The van der Waals surface area contributed by atoms with Crippen molar-refractivity contribution in [3.05, 3.63) is 162 Å². The quantitative estimate of drug-likeness (QED) is 0.133. The zero-order valence-electron chi connectivity index (χ0n) is 30.9. The number of carbonyl (C=O) groups is 3. The molecule has 2 saturated heterocycles. The van der Waals surface area contributed by atoms with Gasteiger partial charge in [-0.15, -0.1) is 0 Å². The highest BCUT2D eigenvalue weighted by atomic mass is 16.7. The molecule has 11 nitrogen and oxygen atoms in total. The van der Waals surface area contributed by atoms with Crippen LogP contribution in [0.1, 0.15) is 53.6 Å². The van der Waals surface area contributed by atoms with Crippen LogP contribution in [0.5, 0.6) is 0 Å². The lowest BCUT2D eigenvalue weighted by Crippen LogP contribution is -2.41. The SMILES string of the molecule is CC1C(Cn2cnc3ccccc32)OC(c2ccc(-c3ccccc3CN3C(=O)CC(NC(=O)OCc4ccccc4)C3=O)cc2)OC1c1ccc(CO)cc1. The minimum absolute atomic E-state index is 0.00993. The summed E-state index contributed by atoms with van der Waals surface area (Å²) in [6, 6.07) is 39.7. The van der Waals surface area contributed by atoms with Gasteiger partial charge in [-0.1, -0.05) is 122 Å². The van der Waals surface area contributed by atoms with Crippen molar-refractivity contribution >= 4 is 28.9 Å². The van der Waals surface area contributed by atoms with E-state index in [1.54, 1.807) is 0 Å². The number of nitrogens with zero attached hydrogens (tertiary/aromatic N) is 3. The van der Waals surface area contributed by atoms with Crippen molar-refractivity contribution < 1.29 is 33.7 Å². The van der Waals surface area contributed by atoms with E-state index in [1.165, 1.54) is 4.90 Å². The Hall–Kier alpha value is -6.14. The summed E-state index contributed by atoms with van der Waals surface area (Å²) in [5, 5.41) is 12.2. The van der Waals surface area contributed by atoms with Crippen LogP contribution in [0, 0.1) is 5.92 Å². The second-order valence-corrected chi connectivity index (χ2v) is 14.3. The van der Waals surface area contributed by atoms with Gasteiger partial charge in [-0.2, -0.15) is 0 Å². The molecule has 2 aliphatic heterocycles. The Kier molecular flexibility index (Phi) is 10.7. The molecule has 3 heterocycles. The smallest absolute Gasteiger partial charge is 0.408 e. The number of imide groups is 1. The number of imidazole rings is 1. The van der Waals surface area contributed by atoms with Gasteiger partial charge < -0.3 is 29.2 Å². The van der Waals surface area contributed by atoms with Gasteiger partial charge in [0.15, 0.2) is 6.29 Å². The summed E-state index contributed by atoms with van der Waals surface area (Å²) >= 11 is 0. The fraction of sp³-hybridized carbons (Fsp3) is 0.244. The largest absolute Gasteiger partial charge is 0.445 e. The Bertz CT molecular complexity index is 2330. The zero-order chi connectivity index (χ0) is 38.6. The van der Waals surface area contributed by atoms with E-state index in [0.29, 0.717) is 6.54 Å². The van der Waals surface area contributed by atoms with Crippen LogP contribution >= 0.6 is 0 Å². The minimum Gasteiger partial charge on any atom is -0.445 e. The van der Waals surface area contributed by atoms with Gasteiger partial charge in [-0.25, -0.2) is 9.78 Å². The molecule has 0 spiro atoms. The van der Waals surface area contributed by atoms with E-state index < -0.39 is 24.3 Å². The molecule has 5 aromatic carbocycles. The number of fused-ring (bicyclic) bond motifs is 1. The number of amides is 3. The molecule has 2 N–H and O–H groups in total. The van der Waals surface area contributed by atoms with Gasteiger partial charge in [0.05, 0.1) is 55.7 Å². The van der Waals surface area contributed by atoms with Crippen molar-refractivity contribution in [2.24, 2.45) is 5.92 Å². The first-order chi connectivity index (χ1) is 27.3. The molecule has 2 aliphatic rings. The van der Waals surface area contributed by atoms with E-state index in [4.69, 9.17) is 14.2 Å². The van der Waals surface area contributed by atoms with E-state index in [0.717, 1.165) is 50.0 Å². The number of rotatable bonds is 11. The number of alkyl carbamates (subject to hydrolysis) is 1. The molecule has 11 heteroatoms. The van der Waals surface area contributed by atoms with E-state index in [9.17, 15) is 19.5 Å². The van der Waals surface area contributed by atoms with E-state index in [-0.39, 0.29) is 50.2 Å². The lowest BCUT2D eigenvalue weighted by atomic mass is 9.90. The fourth-order valence-corrected chi connectivity index (χ4v) is 7.48. The minimum atomic E-state index is -0.997. The summed E-state index contributed by atoms with van der Waals surface area (Å²) < 4.78 is 20.8. The highest BCUT2D eigenvalue weighted by Crippen LogP contribution is 2.43. The van der Waals surface area contributed by atoms with Crippen LogP contribution in [0.2, 0.25) is 0 Å². The maximum atomic E-state index is 13.4. The van der Waals surface area contributed by atoms with Gasteiger partial charge in [0.1, 0.15) is 12.6 Å². The monoisotopic (exact) mass is 750 g/mol. The molecule has 0 radical (unpaired) electrons. The van der Waals surface area contributed by atoms with E-state index in [1.807, 2.05) is 128 Å². The van der Waals surface area contributed by atoms with E-state index >= 15 is 0 Å². The molecule has 5 unspecified atom stereocenters. The van der Waals surface area contributed by atoms with Gasteiger partial charge in [0.2, 0.25) is 5.91 Å². The predicted molar refractivity (Wildman–Crippen MR) is 208 cm³/mol. The molecule has 8 rings (SSSR count). The molecule has 5 atom stereocenters. The number of benzene rings is 5. The van der Waals surface area contributed by atoms with Gasteiger partial charge >= 0.3 is 6.09 Å². The molecule has 3 amide bonds. The van der Waals surface area contributed by atoms with Gasteiger partial charge in [-0.05, 0) is 45.5 Å². The summed E-state index contributed by atoms with van der Waals surface area (Å²) in [6.07, 6.45) is -0.198. The molecule has 56 heavy (non-hydrogen) atoms. The van der Waals surface area contributed by atoms with Gasteiger partial charge in [0.25, 0.3) is 5.91 Å². The Morgan fingerprint density at radius 1 is 0.839 bits per heavy atom. The summed E-state index contributed by atoms with van der Waals surface area (Å²) in [5.74, 6) is -0.853. The van der Waals surface area contributed by atoms with Gasteiger partial charge in [-0.3, -0.25) is 14.5 Å². The van der Waals surface area contributed by atoms with Crippen LogP contribution in [0.25, 0.3) is 22.2 Å². The second kappa shape index (κ2) is 16.3. The topological polar surface area (TPSA) is 132 Å². The number of nitrogens with one attached hydrogen (secondary N) is 1. The van der Waals surface area contributed by atoms with Crippen LogP contribution in [-0.2, 0) is 50.1 Å². The number of likely N-dealkylation sites (tertiary alicyclic amines) is 1. The second-order valence-electron chi connectivity index (χ2n) is 14.3. The van der Waals surface area contributed by atoms with Crippen LogP contribution in [0.4, 0.5) is 4.79 Å². The number of aliphatic hydroxyl groups excluding tert-OH is 1. The molecule has 0 saturated carbocycles. The lowest BCUT2D eigenvalue weighted by molar-refractivity contribution is -0.276. The fourth-order valence-electron chi connectivity index (χ4n) is 7.48. The Morgan fingerprint density at radius 3 is 2.34 bits per heavy atom. The maximum Gasteiger partial charge on any atom is 0.408 e. The zero-order valence-corrected chi connectivity index (χ0v) is 30.9. The van der Waals surface area contributed by atoms with Crippen molar-refractivity contribution in [1.82, 2.24) is 19.8 Å². The summed E-state index contributed by atoms with van der Waals surface area (Å²) in [6.45, 7) is 2.79. The summed E-state index contributed by atoms with van der Waals surface area (Å²) in [4.78, 5) is 44.7. The molecule has 0 bridgehead atoms. The molecule has 2 fully saturated rings. The first-order valence-corrected chi connectivity index (χ1v) is 18.7. The van der Waals surface area contributed by atoms with Crippen LogP contribution in [-0.4, -0.2) is 49.6 Å². The maximum absolute atomic E-state index is 13.4. The normalized spacial score (nSPS) is 21.0. The number of carbonyl (C=O) groups excluding carboxylic acids is 3. The number of aliphatic hydroxyl groups is 1. The third kappa shape index (κ3) is 7.83. The van der Waals surface area contributed by atoms with Crippen molar-refractivity contribution in [3.8, 4) is 11.1 Å². The van der Waals surface area contributed by atoms with Gasteiger partial charge in [0, 0.05) is 11.5 Å². The van der Waals surface area contributed by atoms with Crippen molar-refractivity contribution in [3.63, 3.8) is 0 Å². The number of hydrogen-bond acceptors (Lipinski definition) is 8. The third-order valence-corrected chi connectivity index (χ3v) is 10.6. The molecular weight excluding hydrogens is 709 g/mol. The number of hydrogen-bond donors (Lipinski definition) is 2.